The summed E-state index contributed by atoms with van der Waals surface area (Å²) < 4.78 is 12.4. The van der Waals surface area contributed by atoms with E-state index in [1.807, 2.05) is 49.7 Å². The highest BCUT2D eigenvalue weighted by molar-refractivity contribution is 8.00. The predicted molar refractivity (Wildman–Crippen MR) is 115 cm³/mol. The van der Waals surface area contributed by atoms with Crippen LogP contribution in [0.3, 0.4) is 0 Å². The van der Waals surface area contributed by atoms with Crippen LogP contribution in [0.2, 0.25) is 0 Å². The van der Waals surface area contributed by atoms with Crippen LogP contribution in [0.5, 0.6) is 11.5 Å². The van der Waals surface area contributed by atoms with E-state index < -0.39 is 0 Å². The summed E-state index contributed by atoms with van der Waals surface area (Å²) in [5, 5.41) is 11.8. The van der Waals surface area contributed by atoms with Crippen molar-refractivity contribution in [3.63, 3.8) is 0 Å². The molecular weight excluding hydrogens is 388 g/mol. The number of nitrogens with zero attached hydrogens (tertiary/aromatic N) is 3. The fraction of sp³-hybridized carbons (Fsp3) is 0.286. The summed E-state index contributed by atoms with van der Waals surface area (Å²) in [6.07, 6.45) is 0. The van der Waals surface area contributed by atoms with Gasteiger partial charge in [-0.05, 0) is 31.5 Å². The van der Waals surface area contributed by atoms with Gasteiger partial charge in [-0.25, -0.2) is 0 Å². The largest absolute Gasteiger partial charge is 0.493 e. The summed E-state index contributed by atoms with van der Waals surface area (Å²) >= 11 is 1.36. The molecule has 7 nitrogen and oxygen atoms in total. The van der Waals surface area contributed by atoms with Gasteiger partial charge in [0, 0.05) is 24.4 Å². The molecule has 8 heteroatoms. The molecule has 1 N–H and O–H groups in total. The maximum Gasteiger partial charge on any atom is 0.237 e. The number of anilines is 1. The number of hydrogen-bond donors (Lipinski definition) is 1. The first-order valence-corrected chi connectivity index (χ1v) is 9.97. The van der Waals surface area contributed by atoms with Gasteiger partial charge in [0.2, 0.25) is 5.91 Å². The normalized spacial score (nSPS) is 11.8. The standard InChI is InChI=1S/C21H24N4O3S/c1-13-8-6-7-9-16(13)19-23-24-21(25(19)3)29-14(2)20(26)22-15-10-11-17(27-4)18(12-15)28-5/h6-12,14H,1-5H3,(H,22,26)/t14-/m1/s1. The second-order valence-electron chi connectivity index (χ2n) is 6.50. The Labute approximate surface area is 174 Å². The van der Waals surface area contributed by atoms with E-state index in [0.717, 1.165) is 17.0 Å². The fourth-order valence-corrected chi connectivity index (χ4v) is 3.66. The zero-order valence-electron chi connectivity index (χ0n) is 17.1. The first-order chi connectivity index (χ1) is 13.9. The van der Waals surface area contributed by atoms with Crippen LogP contribution < -0.4 is 14.8 Å². The molecule has 3 aromatic rings. The number of aromatic nitrogens is 3. The van der Waals surface area contributed by atoms with Crippen molar-refractivity contribution in [2.24, 2.45) is 7.05 Å². The van der Waals surface area contributed by atoms with Gasteiger partial charge in [-0.2, -0.15) is 0 Å². The van der Waals surface area contributed by atoms with Crippen LogP contribution >= 0.6 is 11.8 Å². The fourth-order valence-electron chi connectivity index (χ4n) is 2.85. The molecule has 0 aliphatic carbocycles. The Bertz CT molecular complexity index is 1020. The van der Waals surface area contributed by atoms with Crippen LogP contribution in [0, 0.1) is 6.92 Å². The Morgan fingerprint density at radius 3 is 2.52 bits per heavy atom. The van der Waals surface area contributed by atoms with Gasteiger partial charge in [0.05, 0.1) is 19.5 Å². The molecule has 29 heavy (non-hydrogen) atoms. The van der Waals surface area contributed by atoms with E-state index in [4.69, 9.17) is 9.47 Å². The molecule has 0 aliphatic heterocycles. The third-order valence-corrected chi connectivity index (χ3v) is 5.66. The lowest BCUT2D eigenvalue weighted by Gasteiger charge is -2.14. The van der Waals surface area contributed by atoms with Crippen molar-refractivity contribution in [2.45, 2.75) is 24.3 Å². The summed E-state index contributed by atoms with van der Waals surface area (Å²) in [6, 6.07) is 13.3. The molecule has 2 aromatic carbocycles. The Morgan fingerprint density at radius 1 is 1.10 bits per heavy atom. The Kier molecular flexibility index (Phi) is 6.43. The molecule has 152 valence electrons. The van der Waals surface area contributed by atoms with E-state index in [0.29, 0.717) is 22.3 Å². The van der Waals surface area contributed by atoms with Crippen molar-refractivity contribution in [2.75, 3.05) is 19.5 Å². The number of ether oxygens (including phenoxy) is 2. The third kappa shape index (κ3) is 4.54. The first-order valence-electron chi connectivity index (χ1n) is 9.09. The van der Waals surface area contributed by atoms with Gasteiger partial charge in [0.15, 0.2) is 22.5 Å². The Hall–Kier alpha value is -3.00. The summed E-state index contributed by atoms with van der Waals surface area (Å²) in [5.74, 6) is 1.80. The van der Waals surface area contributed by atoms with Gasteiger partial charge in [0.1, 0.15) is 0 Å². The lowest BCUT2D eigenvalue weighted by Crippen LogP contribution is -2.22. The first kappa shape index (κ1) is 20.7. The van der Waals surface area contributed by atoms with Crippen LogP contribution in [-0.2, 0) is 11.8 Å². The summed E-state index contributed by atoms with van der Waals surface area (Å²) in [7, 11) is 5.03. The number of carbonyl (C=O) groups is 1. The molecule has 0 unspecified atom stereocenters. The quantitative estimate of drug-likeness (QED) is 0.593. The Balaban J connectivity index is 1.71. The average Bonchev–Trinajstić information content (AvgIpc) is 3.08. The number of nitrogens with one attached hydrogen (secondary N) is 1. The second-order valence-corrected chi connectivity index (χ2v) is 7.81. The third-order valence-electron chi connectivity index (χ3n) is 4.52. The van der Waals surface area contributed by atoms with E-state index in [1.165, 1.54) is 11.8 Å². The van der Waals surface area contributed by atoms with Gasteiger partial charge in [-0.3, -0.25) is 4.79 Å². The summed E-state index contributed by atoms with van der Waals surface area (Å²) in [6.45, 7) is 3.87. The molecular formula is C21H24N4O3S. The highest BCUT2D eigenvalue weighted by Gasteiger charge is 2.20. The molecule has 0 bridgehead atoms. The van der Waals surface area contributed by atoms with Crippen LogP contribution in [-0.4, -0.2) is 40.1 Å². The monoisotopic (exact) mass is 412 g/mol. The van der Waals surface area contributed by atoms with Crippen LogP contribution in [0.15, 0.2) is 47.6 Å². The number of benzene rings is 2. The minimum atomic E-state index is -0.365. The second kappa shape index (κ2) is 9.00. The molecule has 1 aromatic heterocycles. The van der Waals surface area contributed by atoms with Crippen molar-refractivity contribution in [3.8, 4) is 22.9 Å². The number of methoxy groups -OCH3 is 2. The van der Waals surface area contributed by atoms with Crippen molar-refractivity contribution < 1.29 is 14.3 Å². The molecule has 1 atom stereocenters. The molecule has 1 amide bonds. The molecule has 0 radical (unpaired) electrons. The molecule has 0 saturated carbocycles. The van der Waals surface area contributed by atoms with Crippen molar-refractivity contribution >= 4 is 23.4 Å². The number of amides is 1. The maximum absolute atomic E-state index is 12.7. The van der Waals surface area contributed by atoms with Crippen LogP contribution in [0.25, 0.3) is 11.4 Å². The molecule has 0 fully saturated rings. The Morgan fingerprint density at radius 2 is 1.83 bits per heavy atom. The lowest BCUT2D eigenvalue weighted by atomic mass is 10.1. The molecule has 0 aliphatic rings. The minimum absolute atomic E-state index is 0.136. The minimum Gasteiger partial charge on any atom is -0.493 e. The van der Waals surface area contributed by atoms with Gasteiger partial charge in [-0.1, -0.05) is 36.0 Å². The van der Waals surface area contributed by atoms with E-state index >= 15 is 0 Å². The molecule has 0 spiro atoms. The van der Waals surface area contributed by atoms with Gasteiger partial charge in [0.25, 0.3) is 0 Å². The summed E-state index contributed by atoms with van der Waals surface area (Å²) in [4.78, 5) is 12.7. The van der Waals surface area contributed by atoms with E-state index in [-0.39, 0.29) is 11.2 Å². The lowest BCUT2D eigenvalue weighted by molar-refractivity contribution is -0.115. The van der Waals surface area contributed by atoms with Crippen molar-refractivity contribution in [1.82, 2.24) is 14.8 Å². The number of thioether (sulfide) groups is 1. The topological polar surface area (TPSA) is 78.3 Å². The number of rotatable bonds is 7. The van der Waals surface area contributed by atoms with Crippen molar-refractivity contribution in [1.29, 1.82) is 0 Å². The highest BCUT2D eigenvalue weighted by atomic mass is 32.2. The van der Waals surface area contributed by atoms with Crippen molar-refractivity contribution in [3.05, 3.63) is 48.0 Å². The smallest absolute Gasteiger partial charge is 0.237 e. The zero-order chi connectivity index (χ0) is 21.0. The number of aryl methyl sites for hydroxylation is 1. The molecule has 1 heterocycles. The van der Waals surface area contributed by atoms with Gasteiger partial charge < -0.3 is 19.4 Å². The summed E-state index contributed by atoms with van der Waals surface area (Å²) in [5.41, 5.74) is 2.79. The highest BCUT2D eigenvalue weighted by Crippen LogP contribution is 2.31. The number of carbonyl (C=O) groups excluding carboxylic acids is 1. The van der Waals surface area contributed by atoms with Crippen LogP contribution in [0.1, 0.15) is 12.5 Å². The number of hydrogen-bond acceptors (Lipinski definition) is 6. The molecule has 0 saturated heterocycles. The van der Waals surface area contributed by atoms with Crippen LogP contribution in [0.4, 0.5) is 5.69 Å². The zero-order valence-corrected chi connectivity index (χ0v) is 17.9. The van der Waals surface area contributed by atoms with E-state index in [2.05, 4.69) is 15.5 Å². The average molecular weight is 413 g/mol. The molecule has 3 rings (SSSR count). The van der Waals surface area contributed by atoms with Gasteiger partial charge in [-0.15, -0.1) is 10.2 Å². The SMILES string of the molecule is COc1ccc(NC(=O)[C@@H](C)Sc2nnc(-c3ccccc3C)n2C)cc1OC. The predicted octanol–water partition coefficient (Wildman–Crippen LogP) is 3.93. The maximum atomic E-state index is 12.7. The van der Waals surface area contributed by atoms with Gasteiger partial charge >= 0.3 is 0 Å². The van der Waals surface area contributed by atoms with E-state index in [1.54, 1.807) is 32.4 Å². The van der Waals surface area contributed by atoms with E-state index in [9.17, 15) is 4.79 Å².